The van der Waals surface area contributed by atoms with Crippen molar-refractivity contribution in [3.8, 4) is 0 Å². The minimum atomic E-state index is 0.678. The van der Waals surface area contributed by atoms with E-state index in [1.165, 1.54) is 24.1 Å². The molecule has 2 rings (SSSR count). The number of halogens is 2. The molecule has 0 bridgehead atoms. The first-order chi connectivity index (χ1) is 8.27. The van der Waals surface area contributed by atoms with Crippen LogP contribution in [-0.2, 0) is 3.63 Å². The van der Waals surface area contributed by atoms with Crippen LogP contribution in [-0.4, -0.2) is 0 Å². The molecule has 0 aromatic heterocycles. The molecule has 2 aromatic carbocycles. The zero-order chi connectivity index (χ0) is 12.1. The van der Waals surface area contributed by atoms with Gasteiger partial charge < -0.3 is 0 Å². The molecular formula is C12H8Cl2OS2. The lowest BCUT2D eigenvalue weighted by Crippen LogP contribution is -1.75. The van der Waals surface area contributed by atoms with Crippen LogP contribution in [0.2, 0.25) is 10.0 Å². The van der Waals surface area contributed by atoms with Gasteiger partial charge in [0.1, 0.15) is 0 Å². The highest BCUT2D eigenvalue weighted by Gasteiger charge is 2.04. The van der Waals surface area contributed by atoms with E-state index in [0.29, 0.717) is 10.0 Å². The Kier molecular flexibility index (Phi) is 5.07. The van der Waals surface area contributed by atoms with Crippen LogP contribution in [0.4, 0.5) is 0 Å². The van der Waals surface area contributed by atoms with Gasteiger partial charge >= 0.3 is 0 Å². The maximum atomic E-state index is 6.00. The predicted octanol–water partition coefficient (Wildman–Crippen LogP) is 5.72. The van der Waals surface area contributed by atoms with Crippen molar-refractivity contribution in [1.82, 2.24) is 0 Å². The first-order valence-electron chi connectivity index (χ1n) is 4.77. The lowest BCUT2D eigenvalue weighted by Gasteiger charge is -2.04. The van der Waals surface area contributed by atoms with E-state index in [9.17, 15) is 0 Å². The third-order valence-corrected chi connectivity index (χ3v) is 4.42. The van der Waals surface area contributed by atoms with Crippen molar-refractivity contribution in [2.45, 2.75) is 9.79 Å². The van der Waals surface area contributed by atoms with Crippen LogP contribution in [0.1, 0.15) is 0 Å². The maximum Gasteiger partial charge on any atom is 0.0565 e. The van der Waals surface area contributed by atoms with Gasteiger partial charge in [0.15, 0.2) is 0 Å². The molecule has 0 fully saturated rings. The maximum absolute atomic E-state index is 6.00. The third kappa shape index (κ3) is 3.83. The SMILES string of the molecule is Clc1ccccc1SOSc1ccccc1Cl. The first kappa shape index (κ1) is 13.1. The van der Waals surface area contributed by atoms with E-state index in [0.717, 1.165) is 9.79 Å². The van der Waals surface area contributed by atoms with Crippen LogP contribution < -0.4 is 0 Å². The van der Waals surface area contributed by atoms with Gasteiger partial charge in [-0.2, -0.15) is 0 Å². The van der Waals surface area contributed by atoms with Gasteiger partial charge in [-0.25, -0.2) is 3.63 Å². The Hall–Kier alpha value is -0.320. The fourth-order valence-electron chi connectivity index (χ4n) is 1.11. The van der Waals surface area contributed by atoms with E-state index < -0.39 is 0 Å². The molecule has 0 heterocycles. The zero-order valence-electron chi connectivity index (χ0n) is 8.60. The smallest absolute Gasteiger partial charge is 0.0565 e. The van der Waals surface area contributed by atoms with E-state index in [2.05, 4.69) is 0 Å². The second kappa shape index (κ2) is 6.57. The molecule has 0 saturated heterocycles. The fourth-order valence-corrected chi connectivity index (χ4v) is 2.86. The second-order valence-electron chi connectivity index (χ2n) is 3.10. The van der Waals surface area contributed by atoms with Crippen LogP contribution in [0, 0.1) is 0 Å². The average molecular weight is 303 g/mol. The van der Waals surface area contributed by atoms with Gasteiger partial charge in [0.05, 0.1) is 19.8 Å². The predicted molar refractivity (Wildman–Crippen MR) is 75.7 cm³/mol. The molecule has 2 aromatic rings. The van der Waals surface area contributed by atoms with Crippen LogP contribution in [0.15, 0.2) is 58.3 Å². The van der Waals surface area contributed by atoms with Crippen LogP contribution in [0.5, 0.6) is 0 Å². The largest absolute Gasteiger partial charge is 0.237 e. The molecule has 0 N–H and O–H groups in total. The summed E-state index contributed by atoms with van der Waals surface area (Å²) in [7, 11) is 0. The van der Waals surface area contributed by atoms with Gasteiger partial charge in [-0.1, -0.05) is 47.5 Å². The summed E-state index contributed by atoms with van der Waals surface area (Å²) in [6, 6.07) is 15.1. The molecule has 88 valence electrons. The molecule has 17 heavy (non-hydrogen) atoms. The Labute approximate surface area is 119 Å². The van der Waals surface area contributed by atoms with Crippen LogP contribution in [0.25, 0.3) is 0 Å². The van der Waals surface area contributed by atoms with Crippen molar-refractivity contribution >= 4 is 47.3 Å². The van der Waals surface area contributed by atoms with Gasteiger partial charge in [0, 0.05) is 24.1 Å². The Morgan fingerprint density at radius 2 is 1.12 bits per heavy atom. The summed E-state index contributed by atoms with van der Waals surface area (Å²) in [6.07, 6.45) is 0. The minimum absolute atomic E-state index is 0.678. The van der Waals surface area contributed by atoms with E-state index >= 15 is 0 Å². The molecule has 0 aliphatic heterocycles. The number of benzene rings is 2. The van der Waals surface area contributed by atoms with Crippen molar-refractivity contribution in [2.75, 3.05) is 0 Å². The Morgan fingerprint density at radius 3 is 1.53 bits per heavy atom. The Morgan fingerprint density at radius 1 is 0.706 bits per heavy atom. The molecule has 0 amide bonds. The molecule has 1 nitrogen and oxygen atoms in total. The molecule has 0 saturated carbocycles. The van der Waals surface area contributed by atoms with Crippen molar-refractivity contribution in [3.63, 3.8) is 0 Å². The highest BCUT2D eigenvalue weighted by Crippen LogP contribution is 2.35. The zero-order valence-corrected chi connectivity index (χ0v) is 11.7. The van der Waals surface area contributed by atoms with Crippen molar-refractivity contribution < 1.29 is 3.63 Å². The summed E-state index contributed by atoms with van der Waals surface area (Å²) in [6.45, 7) is 0. The number of rotatable bonds is 4. The van der Waals surface area contributed by atoms with Gasteiger partial charge in [0.2, 0.25) is 0 Å². The molecule has 0 spiro atoms. The highest BCUT2D eigenvalue weighted by molar-refractivity contribution is 8.08. The number of hydrogen-bond donors (Lipinski definition) is 0. The van der Waals surface area contributed by atoms with Crippen molar-refractivity contribution in [2.24, 2.45) is 0 Å². The number of hydrogen-bond acceptors (Lipinski definition) is 3. The van der Waals surface area contributed by atoms with Crippen molar-refractivity contribution in [1.29, 1.82) is 0 Å². The Bertz CT molecular complexity index is 460. The average Bonchev–Trinajstić information content (AvgIpc) is 2.34. The minimum Gasteiger partial charge on any atom is -0.237 e. The fraction of sp³-hybridized carbons (Fsp3) is 0. The Balaban J connectivity index is 1.93. The normalized spacial score (nSPS) is 10.5. The summed E-state index contributed by atoms with van der Waals surface area (Å²) >= 11 is 14.4. The topological polar surface area (TPSA) is 9.23 Å². The summed E-state index contributed by atoms with van der Waals surface area (Å²) in [4.78, 5) is 1.77. The van der Waals surface area contributed by atoms with Gasteiger partial charge in [-0.05, 0) is 24.3 Å². The molecule has 0 aliphatic carbocycles. The molecular weight excluding hydrogens is 295 g/mol. The summed E-state index contributed by atoms with van der Waals surface area (Å²) < 4.78 is 5.43. The van der Waals surface area contributed by atoms with E-state index in [1.54, 1.807) is 0 Å². The second-order valence-corrected chi connectivity index (χ2v) is 5.67. The summed E-state index contributed by atoms with van der Waals surface area (Å²) in [5, 5.41) is 1.36. The van der Waals surface area contributed by atoms with E-state index in [1.807, 2.05) is 48.5 Å². The third-order valence-electron chi connectivity index (χ3n) is 1.92. The van der Waals surface area contributed by atoms with Crippen LogP contribution in [0.3, 0.4) is 0 Å². The quantitative estimate of drug-likeness (QED) is 0.668. The monoisotopic (exact) mass is 302 g/mol. The van der Waals surface area contributed by atoms with Gasteiger partial charge in [0.25, 0.3) is 0 Å². The van der Waals surface area contributed by atoms with Crippen LogP contribution >= 0.6 is 47.3 Å². The van der Waals surface area contributed by atoms with E-state index in [-0.39, 0.29) is 0 Å². The highest BCUT2D eigenvalue weighted by atomic mass is 35.5. The van der Waals surface area contributed by atoms with Gasteiger partial charge in [-0.15, -0.1) is 0 Å². The van der Waals surface area contributed by atoms with Gasteiger partial charge in [-0.3, -0.25) is 0 Å². The molecule has 0 aliphatic rings. The molecule has 0 atom stereocenters. The first-order valence-corrected chi connectivity index (χ1v) is 7.01. The lowest BCUT2D eigenvalue weighted by atomic mass is 10.4. The van der Waals surface area contributed by atoms with E-state index in [4.69, 9.17) is 26.8 Å². The summed E-state index contributed by atoms with van der Waals surface area (Å²) in [5.41, 5.74) is 0. The standard InChI is InChI=1S/C12H8Cl2OS2/c13-9-5-1-3-7-11(9)16-15-17-12-8-4-2-6-10(12)14/h1-8H. The summed E-state index contributed by atoms with van der Waals surface area (Å²) in [5.74, 6) is 0. The molecule has 0 unspecified atom stereocenters. The molecule has 5 heteroatoms. The lowest BCUT2D eigenvalue weighted by molar-refractivity contribution is 0.757. The van der Waals surface area contributed by atoms with Crippen molar-refractivity contribution in [3.05, 3.63) is 58.6 Å². The molecule has 0 radical (unpaired) electrons.